The molecule has 0 amide bonds. The molecule has 3 unspecified atom stereocenters. The highest BCUT2D eigenvalue weighted by molar-refractivity contribution is 4.79. The van der Waals surface area contributed by atoms with Crippen LogP contribution in [0.3, 0.4) is 0 Å². The number of ether oxygens (including phenoxy) is 1. The Morgan fingerprint density at radius 3 is 2.31 bits per heavy atom. The fraction of sp³-hybridized carbons (Fsp3) is 1.00. The Morgan fingerprint density at radius 2 is 1.92 bits per heavy atom. The Hall–Kier alpha value is -0.120. The van der Waals surface area contributed by atoms with E-state index in [1.807, 2.05) is 0 Å². The van der Waals surface area contributed by atoms with E-state index in [4.69, 9.17) is 10.5 Å². The van der Waals surface area contributed by atoms with E-state index in [0.29, 0.717) is 18.2 Å². The van der Waals surface area contributed by atoms with Gasteiger partial charge in [-0.05, 0) is 20.3 Å². The molecule has 3 heteroatoms. The van der Waals surface area contributed by atoms with Crippen LogP contribution in [0, 0.1) is 0 Å². The number of hydrogen-bond acceptors (Lipinski definition) is 3. The largest absolute Gasteiger partial charge is 0.373 e. The molecule has 0 aromatic rings. The zero-order valence-electron chi connectivity index (χ0n) is 8.99. The first kappa shape index (κ1) is 11.0. The van der Waals surface area contributed by atoms with Crippen LogP contribution < -0.4 is 5.73 Å². The molecule has 0 radical (unpaired) electrons. The molecule has 1 aliphatic heterocycles. The lowest BCUT2D eigenvalue weighted by Gasteiger charge is -2.39. The van der Waals surface area contributed by atoms with Crippen molar-refractivity contribution in [2.75, 3.05) is 19.6 Å². The van der Waals surface area contributed by atoms with Crippen LogP contribution in [0.15, 0.2) is 0 Å². The summed E-state index contributed by atoms with van der Waals surface area (Å²) in [6, 6.07) is 0.536. The number of nitrogens with two attached hydrogens (primary N) is 1. The SMILES string of the molecule is CCC(CN)N1CC(C)OC(C)C1. The van der Waals surface area contributed by atoms with E-state index in [0.717, 1.165) is 26.1 Å². The van der Waals surface area contributed by atoms with Crippen LogP contribution in [0.2, 0.25) is 0 Å². The van der Waals surface area contributed by atoms with E-state index in [2.05, 4.69) is 25.7 Å². The zero-order valence-corrected chi connectivity index (χ0v) is 8.99. The maximum Gasteiger partial charge on any atom is 0.0678 e. The van der Waals surface area contributed by atoms with Crippen LogP contribution in [-0.2, 0) is 4.74 Å². The monoisotopic (exact) mass is 186 g/mol. The fourth-order valence-electron chi connectivity index (χ4n) is 2.09. The molecule has 1 rings (SSSR count). The first-order valence-electron chi connectivity index (χ1n) is 5.27. The molecular formula is C10H22N2O. The second kappa shape index (κ2) is 4.94. The van der Waals surface area contributed by atoms with Gasteiger partial charge in [0.1, 0.15) is 0 Å². The third kappa shape index (κ3) is 2.93. The second-order valence-electron chi connectivity index (χ2n) is 4.01. The minimum absolute atomic E-state index is 0.351. The van der Waals surface area contributed by atoms with Crippen LogP contribution in [0.4, 0.5) is 0 Å². The van der Waals surface area contributed by atoms with Gasteiger partial charge >= 0.3 is 0 Å². The number of morpholine rings is 1. The molecule has 78 valence electrons. The van der Waals surface area contributed by atoms with E-state index < -0.39 is 0 Å². The summed E-state index contributed by atoms with van der Waals surface area (Å²) in [5.74, 6) is 0. The van der Waals surface area contributed by atoms with E-state index >= 15 is 0 Å². The van der Waals surface area contributed by atoms with Crippen molar-refractivity contribution in [2.24, 2.45) is 5.73 Å². The molecule has 0 bridgehead atoms. The van der Waals surface area contributed by atoms with E-state index in [1.165, 1.54) is 0 Å². The van der Waals surface area contributed by atoms with Crippen LogP contribution in [0.1, 0.15) is 27.2 Å². The highest BCUT2D eigenvalue weighted by Gasteiger charge is 2.25. The second-order valence-corrected chi connectivity index (χ2v) is 4.01. The summed E-state index contributed by atoms with van der Waals surface area (Å²) in [5, 5.41) is 0. The Balaban J connectivity index is 2.48. The average molecular weight is 186 g/mol. The summed E-state index contributed by atoms with van der Waals surface area (Å²) in [5.41, 5.74) is 5.72. The number of rotatable bonds is 3. The average Bonchev–Trinajstić information content (AvgIpc) is 2.04. The lowest BCUT2D eigenvalue weighted by atomic mass is 10.1. The number of hydrogen-bond donors (Lipinski definition) is 1. The van der Waals surface area contributed by atoms with Gasteiger partial charge in [0.25, 0.3) is 0 Å². The first-order valence-corrected chi connectivity index (χ1v) is 5.27. The molecule has 2 N–H and O–H groups in total. The Kier molecular flexibility index (Phi) is 4.16. The summed E-state index contributed by atoms with van der Waals surface area (Å²) in [7, 11) is 0. The van der Waals surface area contributed by atoms with Gasteiger partial charge in [-0.1, -0.05) is 6.92 Å². The predicted octanol–water partition coefficient (Wildman–Crippen LogP) is 0.833. The summed E-state index contributed by atoms with van der Waals surface area (Å²) in [6.45, 7) is 9.27. The topological polar surface area (TPSA) is 38.5 Å². The first-order chi connectivity index (χ1) is 6.17. The van der Waals surface area contributed by atoms with Crippen LogP contribution in [-0.4, -0.2) is 42.8 Å². The number of nitrogens with zero attached hydrogens (tertiary/aromatic N) is 1. The van der Waals surface area contributed by atoms with Crippen LogP contribution >= 0.6 is 0 Å². The van der Waals surface area contributed by atoms with Crippen LogP contribution in [0.5, 0.6) is 0 Å². The quantitative estimate of drug-likeness (QED) is 0.709. The third-order valence-electron chi connectivity index (χ3n) is 2.71. The molecule has 1 saturated heterocycles. The van der Waals surface area contributed by atoms with Crippen LogP contribution in [0.25, 0.3) is 0 Å². The van der Waals surface area contributed by atoms with Crippen molar-refractivity contribution in [2.45, 2.75) is 45.4 Å². The lowest BCUT2D eigenvalue weighted by Crippen LogP contribution is -2.52. The highest BCUT2D eigenvalue weighted by atomic mass is 16.5. The molecule has 3 nitrogen and oxygen atoms in total. The Bertz CT molecular complexity index is 138. The zero-order chi connectivity index (χ0) is 9.84. The molecule has 13 heavy (non-hydrogen) atoms. The fourth-order valence-corrected chi connectivity index (χ4v) is 2.09. The van der Waals surface area contributed by atoms with Gasteiger partial charge in [0, 0.05) is 25.7 Å². The van der Waals surface area contributed by atoms with Gasteiger partial charge < -0.3 is 10.5 Å². The minimum atomic E-state index is 0.351. The molecule has 0 aliphatic carbocycles. The predicted molar refractivity (Wildman–Crippen MR) is 54.7 cm³/mol. The van der Waals surface area contributed by atoms with Gasteiger partial charge in [-0.3, -0.25) is 4.90 Å². The van der Waals surface area contributed by atoms with E-state index in [9.17, 15) is 0 Å². The smallest absolute Gasteiger partial charge is 0.0678 e. The van der Waals surface area contributed by atoms with Gasteiger partial charge in [-0.25, -0.2) is 0 Å². The maximum absolute atomic E-state index is 5.72. The standard InChI is InChI=1S/C10H22N2O/c1-4-10(5-11)12-6-8(2)13-9(3)7-12/h8-10H,4-7,11H2,1-3H3. The molecule has 0 aromatic heterocycles. The van der Waals surface area contributed by atoms with Gasteiger partial charge in [0.2, 0.25) is 0 Å². The van der Waals surface area contributed by atoms with Crippen molar-refractivity contribution in [3.8, 4) is 0 Å². The Labute approximate surface area is 81.2 Å². The molecule has 1 aliphatic rings. The van der Waals surface area contributed by atoms with Crippen molar-refractivity contribution < 1.29 is 4.74 Å². The molecule has 1 heterocycles. The molecule has 0 spiro atoms. The minimum Gasteiger partial charge on any atom is -0.373 e. The molecule has 0 aromatic carbocycles. The van der Waals surface area contributed by atoms with Gasteiger partial charge in [-0.15, -0.1) is 0 Å². The van der Waals surface area contributed by atoms with Crippen molar-refractivity contribution in [1.82, 2.24) is 4.90 Å². The summed E-state index contributed by atoms with van der Waals surface area (Å²) in [4.78, 5) is 2.46. The van der Waals surface area contributed by atoms with Crippen molar-refractivity contribution in [3.05, 3.63) is 0 Å². The third-order valence-corrected chi connectivity index (χ3v) is 2.71. The molecule has 0 saturated carbocycles. The molecule has 1 fully saturated rings. The summed E-state index contributed by atoms with van der Waals surface area (Å²) in [6.07, 6.45) is 1.84. The highest BCUT2D eigenvalue weighted by Crippen LogP contribution is 2.14. The molecule has 3 atom stereocenters. The summed E-state index contributed by atoms with van der Waals surface area (Å²) >= 11 is 0. The van der Waals surface area contributed by atoms with E-state index in [1.54, 1.807) is 0 Å². The van der Waals surface area contributed by atoms with Crippen molar-refractivity contribution in [1.29, 1.82) is 0 Å². The van der Waals surface area contributed by atoms with Crippen molar-refractivity contribution in [3.63, 3.8) is 0 Å². The molecular weight excluding hydrogens is 164 g/mol. The summed E-state index contributed by atoms with van der Waals surface area (Å²) < 4.78 is 5.67. The van der Waals surface area contributed by atoms with Gasteiger partial charge in [0.05, 0.1) is 12.2 Å². The normalized spacial score (nSPS) is 33.2. The van der Waals surface area contributed by atoms with Gasteiger partial charge in [-0.2, -0.15) is 0 Å². The van der Waals surface area contributed by atoms with Crippen molar-refractivity contribution >= 4 is 0 Å². The Morgan fingerprint density at radius 1 is 1.38 bits per heavy atom. The maximum atomic E-state index is 5.72. The lowest BCUT2D eigenvalue weighted by molar-refractivity contribution is -0.0796. The van der Waals surface area contributed by atoms with Gasteiger partial charge in [0.15, 0.2) is 0 Å². The van der Waals surface area contributed by atoms with E-state index in [-0.39, 0.29) is 0 Å².